The minimum absolute atomic E-state index is 0.250. The molecule has 0 atom stereocenters. The Balaban J connectivity index is 0.000000595. The van der Waals surface area contributed by atoms with Crippen LogP contribution >= 0.6 is 0 Å². The SMILES string of the molecule is Cc1cc(C)c(Cn2ccnc2-c2ccncc2)cn1.O=CO. The van der Waals surface area contributed by atoms with Crippen LogP contribution in [-0.2, 0) is 11.3 Å². The summed E-state index contributed by atoms with van der Waals surface area (Å²) in [6.07, 6.45) is 9.34. The quantitative estimate of drug-likeness (QED) is 0.752. The van der Waals surface area contributed by atoms with E-state index in [4.69, 9.17) is 9.90 Å². The predicted octanol–water partition coefficient (Wildman–Crippen LogP) is 2.71. The van der Waals surface area contributed by atoms with E-state index < -0.39 is 0 Å². The van der Waals surface area contributed by atoms with Crippen molar-refractivity contribution in [3.05, 3.63) is 66.0 Å². The van der Waals surface area contributed by atoms with E-state index in [1.807, 2.05) is 37.6 Å². The number of hydrogen-bond donors (Lipinski definition) is 1. The maximum Gasteiger partial charge on any atom is 0.290 e. The average molecular weight is 310 g/mol. The Kier molecular flexibility index (Phi) is 5.57. The fraction of sp³-hybridized carbons (Fsp3) is 0.176. The maximum atomic E-state index is 8.36. The molecule has 0 fully saturated rings. The number of imidazole rings is 1. The van der Waals surface area contributed by atoms with E-state index in [1.54, 1.807) is 12.4 Å². The highest BCUT2D eigenvalue weighted by atomic mass is 16.3. The molecular weight excluding hydrogens is 292 g/mol. The van der Waals surface area contributed by atoms with Crippen LogP contribution in [0.5, 0.6) is 0 Å². The van der Waals surface area contributed by atoms with Crippen LogP contribution in [0.2, 0.25) is 0 Å². The zero-order valence-electron chi connectivity index (χ0n) is 13.0. The van der Waals surface area contributed by atoms with E-state index in [9.17, 15) is 0 Å². The summed E-state index contributed by atoms with van der Waals surface area (Å²) < 4.78 is 2.13. The summed E-state index contributed by atoms with van der Waals surface area (Å²) in [6.45, 7) is 4.65. The highest BCUT2D eigenvalue weighted by molar-refractivity contribution is 5.54. The Hall–Kier alpha value is -3.02. The van der Waals surface area contributed by atoms with Crippen molar-refractivity contribution in [1.29, 1.82) is 0 Å². The molecule has 0 saturated carbocycles. The molecular formula is C17H18N4O2. The third kappa shape index (κ3) is 4.23. The van der Waals surface area contributed by atoms with E-state index in [0.29, 0.717) is 0 Å². The van der Waals surface area contributed by atoms with Crippen molar-refractivity contribution >= 4 is 6.47 Å². The number of hydrogen-bond acceptors (Lipinski definition) is 4. The van der Waals surface area contributed by atoms with Gasteiger partial charge in [-0.25, -0.2) is 4.98 Å². The van der Waals surface area contributed by atoms with Gasteiger partial charge in [-0.15, -0.1) is 0 Å². The summed E-state index contributed by atoms with van der Waals surface area (Å²) in [4.78, 5) is 21.2. The summed E-state index contributed by atoms with van der Waals surface area (Å²) in [5, 5.41) is 6.89. The molecule has 3 aromatic heterocycles. The number of carboxylic acid groups (broad SMARTS) is 1. The van der Waals surface area contributed by atoms with Crippen LogP contribution in [0.4, 0.5) is 0 Å². The lowest BCUT2D eigenvalue weighted by Gasteiger charge is -2.10. The molecule has 0 aliphatic heterocycles. The van der Waals surface area contributed by atoms with Crippen LogP contribution in [0, 0.1) is 13.8 Å². The van der Waals surface area contributed by atoms with E-state index >= 15 is 0 Å². The van der Waals surface area contributed by atoms with Gasteiger partial charge in [0, 0.05) is 42.2 Å². The van der Waals surface area contributed by atoms with Gasteiger partial charge < -0.3 is 9.67 Å². The van der Waals surface area contributed by atoms with Gasteiger partial charge in [0.15, 0.2) is 0 Å². The lowest BCUT2D eigenvalue weighted by atomic mass is 10.1. The van der Waals surface area contributed by atoms with Crippen molar-refractivity contribution < 1.29 is 9.90 Å². The molecule has 1 N–H and O–H groups in total. The third-order valence-electron chi connectivity index (χ3n) is 3.35. The zero-order valence-corrected chi connectivity index (χ0v) is 13.0. The normalized spacial score (nSPS) is 9.83. The first-order chi connectivity index (χ1) is 11.2. The van der Waals surface area contributed by atoms with Crippen molar-refractivity contribution in [2.75, 3.05) is 0 Å². The lowest BCUT2D eigenvalue weighted by Crippen LogP contribution is -2.03. The molecule has 118 valence electrons. The molecule has 23 heavy (non-hydrogen) atoms. The molecule has 0 aliphatic rings. The minimum Gasteiger partial charge on any atom is -0.483 e. The van der Waals surface area contributed by atoms with Gasteiger partial charge in [0.25, 0.3) is 6.47 Å². The van der Waals surface area contributed by atoms with Crippen LogP contribution in [0.25, 0.3) is 11.4 Å². The molecule has 6 nitrogen and oxygen atoms in total. The Bertz CT molecular complexity index is 769. The fourth-order valence-corrected chi connectivity index (χ4v) is 2.27. The van der Waals surface area contributed by atoms with Gasteiger partial charge in [0.1, 0.15) is 5.82 Å². The number of aromatic nitrogens is 4. The van der Waals surface area contributed by atoms with Gasteiger partial charge in [-0.3, -0.25) is 14.8 Å². The second kappa shape index (κ2) is 7.84. The van der Waals surface area contributed by atoms with Crippen molar-refractivity contribution in [3.63, 3.8) is 0 Å². The lowest BCUT2D eigenvalue weighted by molar-refractivity contribution is -0.122. The molecule has 3 heterocycles. The summed E-state index contributed by atoms with van der Waals surface area (Å²) in [6, 6.07) is 6.05. The molecule has 6 heteroatoms. The second-order valence-electron chi connectivity index (χ2n) is 4.97. The Morgan fingerprint density at radius 3 is 2.52 bits per heavy atom. The Morgan fingerprint density at radius 2 is 1.87 bits per heavy atom. The highest BCUT2D eigenvalue weighted by Crippen LogP contribution is 2.18. The van der Waals surface area contributed by atoms with Gasteiger partial charge in [-0.1, -0.05) is 0 Å². The van der Waals surface area contributed by atoms with E-state index in [-0.39, 0.29) is 6.47 Å². The third-order valence-corrected chi connectivity index (χ3v) is 3.35. The molecule has 0 unspecified atom stereocenters. The Morgan fingerprint density at radius 1 is 1.17 bits per heavy atom. The predicted molar refractivity (Wildman–Crippen MR) is 87.0 cm³/mol. The van der Waals surface area contributed by atoms with Gasteiger partial charge >= 0.3 is 0 Å². The van der Waals surface area contributed by atoms with E-state index in [2.05, 4.69) is 32.5 Å². The molecule has 0 bridgehead atoms. The standard InChI is InChI=1S/C16H16N4.CH2O2/c1-12-9-13(2)19-10-15(12)11-20-8-7-18-16(20)14-3-5-17-6-4-14;2-1-3/h3-10H,11H2,1-2H3;1H,(H,2,3). The van der Waals surface area contributed by atoms with Gasteiger partial charge in [0.05, 0.1) is 6.54 Å². The second-order valence-corrected chi connectivity index (χ2v) is 4.97. The smallest absolute Gasteiger partial charge is 0.290 e. The molecule has 3 rings (SSSR count). The van der Waals surface area contributed by atoms with Gasteiger partial charge in [-0.2, -0.15) is 0 Å². The summed E-state index contributed by atoms with van der Waals surface area (Å²) in [5.74, 6) is 0.951. The Labute approximate surface area is 134 Å². The monoisotopic (exact) mass is 310 g/mol. The van der Waals surface area contributed by atoms with Crippen molar-refractivity contribution in [2.24, 2.45) is 0 Å². The van der Waals surface area contributed by atoms with Crippen LogP contribution in [0.3, 0.4) is 0 Å². The largest absolute Gasteiger partial charge is 0.483 e. The highest BCUT2D eigenvalue weighted by Gasteiger charge is 2.07. The first kappa shape index (κ1) is 16.4. The van der Waals surface area contributed by atoms with Crippen molar-refractivity contribution in [1.82, 2.24) is 19.5 Å². The zero-order chi connectivity index (χ0) is 16.7. The first-order valence-electron chi connectivity index (χ1n) is 7.07. The molecule has 0 radical (unpaired) electrons. The number of nitrogens with zero attached hydrogens (tertiary/aromatic N) is 4. The van der Waals surface area contributed by atoms with E-state index in [0.717, 1.165) is 23.6 Å². The molecule has 0 spiro atoms. The molecule has 0 saturated heterocycles. The minimum atomic E-state index is -0.250. The fourth-order valence-electron chi connectivity index (χ4n) is 2.27. The molecule has 0 aliphatic carbocycles. The number of carbonyl (C=O) groups is 1. The summed E-state index contributed by atoms with van der Waals surface area (Å²) >= 11 is 0. The number of rotatable bonds is 3. The van der Waals surface area contributed by atoms with Crippen LogP contribution in [0.15, 0.2) is 49.2 Å². The average Bonchev–Trinajstić information content (AvgIpc) is 3.00. The van der Waals surface area contributed by atoms with Gasteiger partial charge in [-0.05, 0) is 43.2 Å². The van der Waals surface area contributed by atoms with E-state index in [1.165, 1.54) is 11.1 Å². The topological polar surface area (TPSA) is 80.9 Å². The van der Waals surface area contributed by atoms with Crippen LogP contribution in [0.1, 0.15) is 16.8 Å². The summed E-state index contributed by atoms with van der Waals surface area (Å²) in [7, 11) is 0. The first-order valence-corrected chi connectivity index (χ1v) is 7.07. The van der Waals surface area contributed by atoms with Crippen molar-refractivity contribution in [3.8, 4) is 11.4 Å². The number of pyridine rings is 2. The molecule has 0 amide bonds. The summed E-state index contributed by atoms with van der Waals surface area (Å²) in [5.41, 5.74) is 4.59. The maximum absolute atomic E-state index is 8.36. The van der Waals surface area contributed by atoms with Crippen LogP contribution in [-0.4, -0.2) is 31.1 Å². The van der Waals surface area contributed by atoms with Crippen molar-refractivity contribution in [2.45, 2.75) is 20.4 Å². The van der Waals surface area contributed by atoms with Gasteiger partial charge in [0.2, 0.25) is 0 Å². The molecule has 3 aromatic rings. The number of aryl methyl sites for hydroxylation is 2. The molecule has 0 aromatic carbocycles. The van der Waals surface area contributed by atoms with Crippen LogP contribution < -0.4 is 0 Å².